The zero-order chi connectivity index (χ0) is 13.0. The molecular formula is C12H14BrN5. The molecule has 0 radical (unpaired) electrons. The normalized spacial score (nSPS) is 10.2. The monoisotopic (exact) mass is 307 g/mol. The number of hydrazine groups is 1. The topological polar surface area (TPSA) is 75.9 Å². The summed E-state index contributed by atoms with van der Waals surface area (Å²) in [7, 11) is 0. The summed E-state index contributed by atoms with van der Waals surface area (Å²) in [6.07, 6.45) is 0.753. The Bertz CT molecular complexity index is 521. The molecular weight excluding hydrogens is 294 g/mol. The maximum absolute atomic E-state index is 5.38. The van der Waals surface area contributed by atoms with E-state index in [0.717, 1.165) is 22.4 Å². The number of anilines is 3. The van der Waals surface area contributed by atoms with Crippen LogP contribution in [-0.2, 0) is 6.42 Å². The fraction of sp³-hybridized carbons (Fsp3) is 0.167. The van der Waals surface area contributed by atoms with Gasteiger partial charge in [-0.05, 0) is 18.2 Å². The van der Waals surface area contributed by atoms with E-state index < -0.39 is 0 Å². The van der Waals surface area contributed by atoms with Crippen molar-refractivity contribution in [3.05, 3.63) is 40.6 Å². The molecule has 2 rings (SSSR count). The van der Waals surface area contributed by atoms with Gasteiger partial charge in [0.2, 0.25) is 0 Å². The Morgan fingerprint density at radius 2 is 2.00 bits per heavy atom. The summed E-state index contributed by atoms with van der Waals surface area (Å²) in [6.45, 7) is 2.00. The third-order valence-corrected chi connectivity index (χ3v) is 2.83. The molecule has 0 atom stereocenters. The third-order valence-electron chi connectivity index (χ3n) is 2.33. The lowest BCUT2D eigenvalue weighted by molar-refractivity contribution is 0.941. The van der Waals surface area contributed by atoms with E-state index in [1.165, 1.54) is 0 Å². The van der Waals surface area contributed by atoms with E-state index in [1.54, 1.807) is 6.07 Å². The van der Waals surface area contributed by atoms with Gasteiger partial charge in [-0.2, -0.15) is 0 Å². The van der Waals surface area contributed by atoms with Crippen molar-refractivity contribution in [1.82, 2.24) is 9.97 Å². The SMILES string of the molecule is CCc1nc(NN)cc(Nc2cccc(Br)c2)n1. The van der Waals surface area contributed by atoms with Crippen molar-refractivity contribution in [2.24, 2.45) is 5.84 Å². The van der Waals surface area contributed by atoms with Gasteiger partial charge >= 0.3 is 0 Å². The number of nitrogens with one attached hydrogen (secondary N) is 2. The molecule has 94 valence electrons. The minimum absolute atomic E-state index is 0.597. The molecule has 0 aliphatic rings. The lowest BCUT2D eigenvalue weighted by atomic mass is 10.3. The molecule has 1 aromatic heterocycles. The molecule has 6 heteroatoms. The first kappa shape index (κ1) is 12.8. The standard InChI is InChI=1S/C12H14BrN5/c1-2-10-16-11(7-12(17-10)18-14)15-9-5-3-4-8(13)6-9/h3-7H,2,14H2,1H3,(H2,15,16,17,18). The van der Waals surface area contributed by atoms with E-state index in [0.29, 0.717) is 11.6 Å². The second-order valence-electron chi connectivity index (χ2n) is 3.69. The van der Waals surface area contributed by atoms with E-state index in [1.807, 2.05) is 31.2 Å². The molecule has 0 saturated heterocycles. The van der Waals surface area contributed by atoms with Crippen LogP contribution >= 0.6 is 15.9 Å². The molecule has 0 amide bonds. The molecule has 4 N–H and O–H groups in total. The molecule has 1 heterocycles. The average Bonchev–Trinajstić information content (AvgIpc) is 2.38. The predicted molar refractivity (Wildman–Crippen MR) is 76.6 cm³/mol. The Hall–Kier alpha value is -1.66. The second-order valence-corrected chi connectivity index (χ2v) is 4.60. The van der Waals surface area contributed by atoms with Crippen molar-refractivity contribution in [3.8, 4) is 0 Å². The van der Waals surface area contributed by atoms with Gasteiger partial charge < -0.3 is 10.7 Å². The third kappa shape index (κ3) is 3.18. The van der Waals surface area contributed by atoms with Gasteiger partial charge in [0.25, 0.3) is 0 Å². The largest absolute Gasteiger partial charge is 0.340 e. The number of rotatable bonds is 4. The van der Waals surface area contributed by atoms with Crippen LogP contribution in [0.3, 0.4) is 0 Å². The minimum atomic E-state index is 0.597. The summed E-state index contributed by atoms with van der Waals surface area (Å²) in [5, 5.41) is 3.22. The van der Waals surface area contributed by atoms with Crippen LogP contribution in [0.1, 0.15) is 12.7 Å². The molecule has 0 bridgehead atoms. The highest BCUT2D eigenvalue weighted by atomic mass is 79.9. The number of aromatic nitrogens is 2. The van der Waals surface area contributed by atoms with Gasteiger partial charge in [0.05, 0.1) is 0 Å². The molecule has 0 fully saturated rings. The summed E-state index contributed by atoms with van der Waals surface area (Å²) in [5.74, 6) is 7.44. The Balaban J connectivity index is 2.28. The highest BCUT2D eigenvalue weighted by Crippen LogP contribution is 2.20. The zero-order valence-electron chi connectivity index (χ0n) is 9.94. The summed E-state index contributed by atoms with van der Waals surface area (Å²) in [4.78, 5) is 8.62. The van der Waals surface area contributed by atoms with Crippen molar-refractivity contribution in [1.29, 1.82) is 0 Å². The molecule has 0 aliphatic carbocycles. The molecule has 0 spiro atoms. The van der Waals surface area contributed by atoms with Crippen molar-refractivity contribution >= 4 is 33.3 Å². The number of nitrogen functional groups attached to an aromatic ring is 1. The molecule has 0 saturated carbocycles. The molecule has 5 nitrogen and oxygen atoms in total. The van der Waals surface area contributed by atoms with Crippen LogP contribution in [0.4, 0.5) is 17.3 Å². The van der Waals surface area contributed by atoms with Crippen LogP contribution < -0.4 is 16.6 Å². The number of nitrogens with zero attached hydrogens (tertiary/aromatic N) is 2. The molecule has 18 heavy (non-hydrogen) atoms. The van der Waals surface area contributed by atoms with Crippen molar-refractivity contribution in [2.75, 3.05) is 10.7 Å². The Morgan fingerprint density at radius 1 is 1.22 bits per heavy atom. The summed E-state index contributed by atoms with van der Waals surface area (Å²) >= 11 is 3.43. The molecule has 1 aromatic carbocycles. The molecule has 0 aliphatic heterocycles. The van der Waals surface area contributed by atoms with Crippen LogP contribution in [0, 0.1) is 0 Å². The van der Waals surface area contributed by atoms with Gasteiger partial charge in [0.15, 0.2) is 0 Å². The van der Waals surface area contributed by atoms with Crippen LogP contribution in [0.15, 0.2) is 34.8 Å². The number of hydrogen-bond acceptors (Lipinski definition) is 5. The fourth-order valence-electron chi connectivity index (χ4n) is 1.51. The maximum Gasteiger partial charge on any atom is 0.145 e. The van der Waals surface area contributed by atoms with Crippen LogP contribution in [-0.4, -0.2) is 9.97 Å². The van der Waals surface area contributed by atoms with Crippen molar-refractivity contribution in [2.45, 2.75) is 13.3 Å². The smallest absolute Gasteiger partial charge is 0.145 e. The van der Waals surface area contributed by atoms with Crippen molar-refractivity contribution < 1.29 is 0 Å². The van der Waals surface area contributed by atoms with E-state index in [4.69, 9.17) is 5.84 Å². The second kappa shape index (κ2) is 5.79. The highest BCUT2D eigenvalue weighted by molar-refractivity contribution is 9.10. The van der Waals surface area contributed by atoms with E-state index in [2.05, 4.69) is 36.6 Å². The predicted octanol–water partition coefficient (Wildman–Crippen LogP) is 2.83. The van der Waals surface area contributed by atoms with Crippen molar-refractivity contribution in [3.63, 3.8) is 0 Å². The number of aryl methyl sites for hydroxylation is 1. The van der Waals surface area contributed by atoms with E-state index in [9.17, 15) is 0 Å². The number of halogens is 1. The van der Waals surface area contributed by atoms with E-state index in [-0.39, 0.29) is 0 Å². The summed E-state index contributed by atoms with van der Waals surface area (Å²) < 4.78 is 1.01. The zero-order valence-corrected chi connectivity index (χ0v) is 11.5. The molecule has 2 aromatic rings. The van der Waals surface area contributed by atoms with Gasteiger partial charge in [0.1, 0.15) is 17.5 Å². The first-order valence-corrected chi connectivity index (χ1v) is 6.37. The lowest BCUT2D eigenvalue weighted by Gasteiger charge is -2.09. The minimum Gasteiger partial charge on any atom is -0.340 e. The highest BCUT2D eigenvalue weighted by Gasteiger charge is 2.03. The number of hydrogen-bond donors (Lipinski definition) is 3. The van der Waals surface area contributed by atoms with E-state index >= 15 is 0 Å². The average molecular weight is 308 g/mol. The summed E-state index contributed by atoms with van der Waals surface area (Å²) in [6, 6.07) is 9.63. The van der Waals surface area contributed by atoms with Crippen LogP contribution in [0.2, 0.25) is 0 Å². The summed E-state index contributed by atoms with van der Waals surface area (Å²) in [5.41, 5.74) is 3.49. The Morgan fingerprint density at radius 3 is 2.67 bits per heavy atom. The first-order chi connectivity index (χ1) is 8.71. The van der Waals surface area contributed by atoms with Gasteiger partial charge in [-0.25, -0.2) is 15.8 Å². The maximum atomic E-state index is 5.38. The van der Waals surface area contributed by atoms with Gasteiger partial charge in [0, 0.05) is 22.6 Å². The van der Waals surface area contributed by atoms with Gasteiger partial charge in [-0.1, -0.05) is 28.9 Å². The first-order valence-electron chi connectivity index (χ1n) is 5.58. The quantitative estimate of drug-likeness (QED) is 0.598. The van der Waals surface area contributed by atoms with Crippen LogP contribution in [0.25, 0.3) is 0 Å². The Labute approximate surface area is 114 Å². The molecule has 0 unspecified atom stereocenters. The van der Waals surface area contributed by atoms with Gasteiger partial charge in [-0.15, -0.1) is 0 Å². The van der Waals surface area contributed by atoms with Crippen LogP contribution in [0.5, 0.6) is 0 Å². The lowest BCUT2D eigenvalue weighted by Crippen LogP contribution is -2.11. The van der Waals surface area contributed by atoms with Gasteiger partial charge in [-0.3, -0.25) is 0 Å². The Kier molecular flexibility index (Phi) is 4.11. The number of benzene rings is 1. The number of nitrogens with two attached hydrogens (primary N) is 1. The fourth-order valence-corrected chi connectivity index (χ4v) is 1.91.